The van der Waals surface area contributed by atoms with Crippen molar-refractivity contribution in [2.75, 3.05) is 7.11 Å². The maximum Gasteiger partial charge on any atom is 0.287 e. The summed E-state index contributed by atoms with van der Waals surface area (Å²) in [6.07, 6.45) is 1.59. The summed E-state index contributed by atoms with van der Waals surface area (Å²) in [5.41, 5.74) is 0.883. The highest BCUT2D eigenvalue weighted by molar-refractivity contribution is 6.67. The van der Waals surface area contributed by atoms with Crippen LogP contribution in [0.4, 0.5) is 0 Å². The number of carbonyl (C=O) groups is 1. The summed E-state index contributed by atoms with van der Waals surface area (Å²) in [7, 11) is 1.41. The van der Waals surface area contributed by atoms with Gasteiger partial charge in [0.05, 0.1) is 7.11 Å². The van der Waals surface area contributed by atoms with Crippen LogP contribution in [0.3, 0.4) is 0 Å². The lowest BCUT2D eigenvalue weighted by molar-refractivity contribution is -0.111. The van der Waals surface area contributed by atoms with E-state index in [-0.39, 0.29) is 5.76 Å². The third-order valence-electron chi connectivity index (χ3n) is 1.51. The molecule has 0 aliphatic rings. The van der Waals surface area contributed by atoms with E-state index in [4.69, 9.17) is 16.3 Å². The van der Waals surface area contributed by atoms with E-state index in [1.807, 2.05) is 30.3 Å². The molecule has 0 aliphatic heterocycles. The molecule has 13 heavy (non-hydrogen) atoms. The Morgan fingerprint density at radius 3 is 2.46 bits per heavy atom. The van der Waals surface area contributed by atoms with Gasteiger partial charge in [-0.1, -0.05) is 30.3 Å². The molecule has 0 atom stereocenters. The van der Waals surface area contributed by atoms with Gasteiger partial charge in [0.25, 0.3) is 5.24 Å². The van der Waals surface area contributed by atoms with Crippen molar-refractivity contribution in [3.63, 3.8) is 0 Å². The number of benzene rings is 1. The first-order valence-corrected chi connectivity index (χ1v) is 4.12. The minimum Gasteiger partial charge on any atom is -0.492 e. The van der Waals surface area contributed by atoms with Gasteiger partial charge in [-0.25, -0.2) is 0 Å². The van der Waals surface area contributed by atoms with Crippen molar-refractivity contribution in [2.45, 2.75) is 0 Å². The van der Waals surface area contributed by atoms with Crippen molar-refractivity contribution in [3.8, 4) is 0 Å². The fraction of sp³-hybridized carbons (Fsp3) is 0.100. The predicted octanol–water partition coefficient (Wildman–Crippen LogP) is 2.44. The number of halogens is 1. The first-order chi connectivity index (χ1) is 6.24. The van der Waals surface area contributed by atoms with Gasteiger partial charge < -0.3 is 4.74 Å². The topological polar surface area (TPSA) is 26.3 Å². The first kappa shape index (κ1) is 9.81. The van der Waals surface area contributed by atoms with Crippen LogP contribution in [-0.2, 0) is 9.53 Å². The quantitative estimate of drug-likeness (QED) is 0.422. The largest absolute Gasteiger partial charge is 0.492 e. The third-order valence-corrected chi connectivity index (χ3v) is 1.70. The molecule has 0 aliphatic carbocycles. The molecular weight excluding hydrogens is 188 g/mol. The molecule has 0 saturated heterocycles. The lowest BCUT2D eigenvalue weighted by Gasteiger charge is -1.99. The molecule has 3 heteroatoms. The molecule has 2 nitrogen and oxygen atoms in total. The number of hydrogen-bond donors (Lipinski definition) is 0. The molecule has 0 saturated carbocycles. The van der Waals surface area contributed by atoms with Crippen LogP contribution < -0.4 is 0 Å². The molecule has 0 fully saturated rings. The van der Waals surface area contributed by atoms with Crippen LogP contribution >= 0.6 is 11.6 Å². The van der Waals surface area contributed by atoms with Crippen LogP contribution in [0.25, 0.3) is 6.08 Å². The van der Waals surface area contributed by atoms with Gasteiger partial charge >= 0.3 is 0 Å². The summed E-state index contributed by atoms with van der Waals surface area (Å²) in [5, 5.41) is -0.591. The van der Waals surface area contributed by atoms with Crippen molar-refractivity contribution >= 4 is 22.9 Å². The van der Waals surface area contributed by atoms with Crippen LogP contribution in [0.5, 0.6) is 0 Å². The van der Waals surface area contributed by atoms with E-state index >= 15 is 0 Å². The number of rotatable bonds is 3. The van der Waals surface area contributed by atoms with E-state index in [0.29, 0.717) is 0 Å². The summed E-state index contributed by atoms with van der Waals surface area (Å²) >= 11 is 5.26. The standard InChI is InChI=1S/C10H9ClO2/c1-13-9(10(11)12)7-8-5-3-2-4-6-8/h2-7H,1H3. The summed E-state index contributed by atoms with van der Waals surface area (Å²) < 4.78 is 4.80. The second-order valence-electron chi connectivity index (χ2n) is 2.40. The Morgan fingerprint density at radius 1 is 1.38 bits per heavy atom. The molecule has 0 radical (unpaired) electrons. The number of carbonyl (C=O) groups excluding carboxylic acids is 1. The zero-order chi connectivity index (χ0) is 9.68. The Kier molecular flexibility index (Phi) is 3.53. The monoisotopic (exact) mass is 196 g/mol. The van der Waals surface area contributed by atoms with Crippen LogP contribution in [0.1, 0.15) is 5.56 Å². The van der Waals surface area contributed by atoms with Gasteiger partial charge in [-0.05, 0) is 23.2 Å². The molecule has 0 spiro atoms. The maximum atomic E-state index is 10.8. The molecule has 0 aromatic heterocycles. The molecule has 1 aromatic carbocycles. The molecule has 0 unspecified atom stereocenters. The predicted molar refractivity (Wildman–Crippen MR) is 52.3 cm³/mol. The highest BCUT2D eigenvalue weighted by Gasteiger charge is 2.04. The van der Waals surface area contributed by atoms with E-state index in [2.05, 4.69) is 0 Å². The summed E-state index contributed by atoms with van der Waals surface area (Å²) in [4.78, 5) is 10.8. The Labute approximate surface area is 81.8 Å². The van der Waals surface area contributed by atoms with E-state index in [1.165, 1.54) is 7.11 Å². The average molecular weight is 197 g/mol. The summed E-state index contributed by atoms with van der Waals surface area (Å²) in [6.45, 7) is 0. The van der Waals surface area contributed by atoms with Gasteiger partial charge in [-0.3, -0.25) is 4.79 Å². The molecule has 0 N–H and O–H groups in total. The molecule has 1 aromatic rings. The van der Waals surface area contributed by atoms with Crippen molar-refractivity contribution in [2.24, 2.45) is 0 Å². The first-order valence-electron chi connectivity index (χ1n) is 3.74. The van der Waals surface area contributed by atoms with Gasteiger partial charge in [0.1, 0.15) is 0 Å². The second kappa shape index (κ2) is 4.67. The zero-order valence-corrected chi connectivity index (χ0v) is 7.91. The molecule has 0 amide bonds. The Hall–Kier alpha value is -1.28. The smallest absolute Gasteiger partial charge is 0.287 e. The minimum atomic E-state index is -0.591. The SMILES string of the molecule is COC(=Cc1ccccc1)C(=O)Cl. The lowest BCUT2D eigenvalue weighted by Crippen LogP contribution is -1.95. The molecule has 0 heterocycles. The molecule has 68 valence electrons. The molecule has 0 bridgehead atoms. The van der Waals surface area contributed by atoms with Crippen molar-refractivity contribution in [1.82, 2.24) is 0 Å². The van der Waals surface area contributed by atoms with Gasteiger partial charge in [0.15, 0.2) is 5.76 Å². The van der Waals surface area contributed by atoms with Gasteiger partial charge in [0, 0.05) is 0 Å². The van der Waals surface area contributed by atoms with Crippen molar-refractivity contribution in [3.05, 3.63) is 41.7 Å². The van der Waals surface area contributed by atoms with Crippen LogP contribution in [0, 0.1) is 0 Å². The lowest BCUT2D eigenvalue weighted by atomic mass is 10.2. The second-order valence-corrected chi connectivity index (χ2v) is 2.74. The Bertz CT molecular complexity index is 317. The Morgan fingerprint density at radius 2 is 2.00 bits per heavy atom. The van der Waals surface area contributed by atoms with Crippen molar-refractivity contribution in [1.29, 1.82) is 0 Å². The van der Waals surface area contributed by atoms with Gasteiger partial charge in [-0.2, -0.15) is 0 Å². The van der Waals surface area contributed by atoms with Crippen molar-refractivity contribution < 1.29 is 9.53 Å². The fourth-order valence-electron chi connectivity index (χ4n) is 0.897. The number of methoxy groups -OCH3 is 1. The van der Waals surface area contributed by atoms with E-state index in [1.54, 1.807) is 6.08 Å². The molecular formula is C10H9ClO2. The van der Waals surface area contributed by atoms with E-state index < -0.39 is 5.24 Å². The minimum absolute atomic E-state index is 0.146. The fourth-order valence-corrected chi connectivity index (χ4v) is 1.03. The van der Waals surface area contributed by atoms with Crippen LogP contribution in [0.2, 0.25) is 0 Å². The molecule has 1 rings (SSSR count). The highest BCUT2D eigenvalue weighted by Crippen LogP contribution is 2.09. The van der Waals surface area contributed by atoms with Gasteiger partial charge in [-0.15, -0.1) is 0 Å². The number of ether oxygens (including phenoxy) is 1. The zero-order valence-electron chi connectivity index (χ0n) is 7.16. The van der Waals surface area contributed by atoms with E-state index in [9.17, 15) is 4.79 Å². The van der Waals surface area contributed by atoms with E-state index in [0.717, 1.165) is 5.56 Å². The normalized spacial score (nSPS) is 11.1. The number of allylic oxidation sites excluding steroid dienone is 1. The van der Waals surface area contributed by atoms with Crippen LogP contribution in [0.15, 0.2) is 36.1 Å². The number of hydrogen-bond acceptors (Lipinski definition) is 2. The summed E-state index contributed by atoms with van der Waals surface area (Å²) in [6, 6.07) is 9.36. The Balaban J connectivity index is 2.92. The average Bonchev–Trinajstić information content (AvgIpc) is 2.15. The van der Waals surface area contributed by atoms with Gasteiger partial charge in [0.2, 0.25) is 0 Å². The maximum absolute atomic E-state index is 10.8. The van der Waals surface area contributed by atoms with Crippen LogP contribution in [-0.4, -0.2) is 12.4 Å². The third kappa shape index (κ3) is 2.92. The highest BCUT2D eigenvalue weighted by atomic mass is 35.5. The summed E-state index contributed by atoms with van der Waals surface area (Å²) in [5.74, 6) is 0.146.